The summed E-state index contributed by atoms with van der Waals surface area (Å²) in [4.78, 5) is 4.86. The summed E-state index contributed by atoms with van der Waals surface area (Å²) < 4.78 is 13.7. The van der Waals surface area contributed by atoms with E-state index in [9.17, 15) is 4.39 Å². The number of benzene rings is 2. The summed E-state index contributed by atoms with van der Waals surface area (Å²) in [5.74, 6) is -0.135. The molecule has 21 heavy (non-hydrogen) atoms. The third-order valence-corrected chi connectivity index (χ3v) is 4.73. The lowest BCUT2D eigenvalue weighted by Crippen LogP contribution is -2.46. The summed E-state index contributed by atoms with van der Waals surface area (Å²) in [7, 11) is 2.16. The predicted molar refractivity (Wildman–Crippen MR) is 83.2 cm³/mol. The van der Waals surface area contributed by atoms with Crippen LogP contribution in [0.1, 0.15) is 22.7 Å². The van der Waals surface area contributed by atoms with Crippen LogP contribution in [0.2, 0.25) is 0 Å². The summed E-state index contributed by atoms with van der Waals surface area (Å²) in [6.45, 7) is 3.09. The Morgan fingerprint density at radius 2 is 1.90 bits per heavy atom. The van der Waals surface area contributed by atoms with Crippen molar-refractivity contribution in [2.45, 2.75) is 12.5 Å². The first-order valence-corrected chi connectivity index (χ1v) is 7.54. The van der Waals surface area contributed by atoms with Crippen molar-refractivity contribution in [1.29, 1.82) is 0 Å². The maximum atomic E-state index is 13.7. The second-order valence-electron chi connectivity index (χ2n) is 6.12. The van der Waals surface area contributed by atoms with Crippen molar-refractivity contribution in [2.75, 3.05) is 31.6 Å². The van der Waals surface area contributed by atoms with Crippen LogP contribution < -0.4 is 4.90 Å². The van der Waals surface area contributed by atoms with Gasteiger partial charge in [-0.15, -0.1) is 0 Å². The molecule has 0 N–H and O–H groups in total. The average Bonchev–Trinajstić information content (AvgIpc) is 2.60. The molecule has 0 amide bonds. The molecule has 2 aliphatic heterocycles. The largest absolute Gasteiger partial charge is 0.362 e. The summed E-state index contributed by atoms with van der Waals surface area (Å²) in [5, 5.41) is 0. The van der Waals surface area contributed by atoms with Gasteiger partial charge in [-0.25, -0.2) is 4.39 Å². The van der Waals surface area contributed by atoms with Crippen LogP contribution in [0.25, 0.3) is 0 Å². The molecule has 0 aliphatic carbocycles. The van der Waals surface area contributed by atoms with Crippen LogP contribution in [0.4, 0.5) is 10.1 Å². The Hall–Kier alpha value is -1.87. The second-order valence-corrected chi connectivity index (χ2v) is 6.12. The van der Waals surface area contributed by atoms with Gasteiger partial charge >= 0.3 is 0 Å². The number of hydrogen-bond acceptors (Lipinski definition) is 2. The molecule has 3 heteroatoms. The van der Waals surface area contributed by atoms with Crippen molar-refractivity contribution in [3.8, 4) is 0 Å². The molecule has 0 radical (unpaired) electrons. The van der Waals surface area contributed by atoms with Crippen LogP contribution in [-0.2, 0) is 6.42 Å². The molecule has 2 heterocycles. The standard InChI is InChI=1S/C18H19FN2/c1-20-8-9-21-17-5-3-2-4-13(17)10-14-11-15(19)6-7-16(14)18(21)12-20/h2-7,11,18H,8-10,12H2,1H3. The highest BCUT2D eigenvalue weighted by Crippen LogP contribution is 2.38. The third-order valence-electron chi connectivity index (χ3n) is 4.73. The Kier molecular flexibility index (Phi) is 2.96. The SMILES string of the molecule is CN1CCN2c3ccccc3Cc3cc(F)ccc3C2C1. The first-order chi connectivity index (χ1) is 10.2. The third kappa shape index (κ3) is 2.12. The summed E-state index contributed by atoms with van der Waals surface area (Å²) in [6.07, 6.45) is 0.819. The first-order valence-electron chi connectivity index (χ1n) is 7.54. The molecule has 108 valence electrons. The summed E-state index contributed by atoms with van der Waals surface area (Å²) >= 11 is 0. The van der Waals surface area contributed by atoms with Crippen LogP contribution in [-0.4, -0.2) is 31.6 Å². The minimum atomic E-state index is -0.135. The number of fused-ring (bicyclic) bond motifs is 5. The van der Waals surface area contributed by atoms with Gasteiger partial charge in [0.25, 0.3) is 0 Å². The van der Waals surface area contributed by atoms with Gasteiger partial charge in [0.15, 0.2) is 0 Å². The van der Waals surface area contributed by atoms with Crippen molar-refractivity contribution in [3.63, 3.8) is 0 Å². The van der Waals surface area contributed by atoms with E-state index in [1.54, 1.807) is 12.1 Å². The lowest BCUT2D eigenvalue weighted by atomic mass is 9.96. The van der Waals surface area contributed by atoms with Gasteiger partial charge in [0.2, 0.25) is 0 Å². The quantitative estimate of drug-likeness (QED) is 0.732. The Labute approximate surface area is 124 Å². The van der Waals surface area contributed by atoms with Crippen molar-refractivity contribution >= 4 is 5.69 Å². The van der Waals surface area contributed by atoms with Crippen molar-refractivity contribution in [3.05, 3.63) is 65.0 Å². The molecule has 4 rings (SSSR count). The van der Waals surface area contributed by atoms with Crippen LogP contribution >= 0.6 is 0 Å². The van der Waals surface area contributed by atoms with Crippen LogP contribution in [0.5, 0.6) is 0 Å². The zero-order valence-electron chi connectivity index (χ0n) is 12.2. The van der Waals surface area contributed by atoms with Crippen molar-refractivity contribution < 1.29 is 4.39 Å². The van der Waals surface area contributed by atoms with Crippen LogP contribution in [0, 0.1) is 5.82 Å². The fourth-order valence-corrected chi connectivity index (χ4v) is 3.67. The molecular formula is C18H19FN2. The molecule has 1 saturated heterocycles. The molecule has 0 aromatic heterocycles. The van der Waals surface area contributed by atoms with Gasteiger partial charge < -0.3 is 9.80 Å². The van der Waals surface area contributed by atoms with Gasteiger partial charge in [-0.1, -0.05) is 24.3 Å². The first kappa shape index (κ1) is 12.8. The molecule has 2 nitrogen and oxygen atoms in total. The zero-order valence-corrected chi connectivity index (χ0v) is 12.2. The molecule has 2 aliphatic rings. The van der Waals surface area contributed by atoms with E-state index in [0.29, 0.717) is 6.04 Å². The highest BCUT2D eigenvalue weighted by Gasteiger charge is 2.32. The highest BCUT2D eigenvalue weighted by molar-refractivity contribution is 5.60. The number of likely N-dealkylation sites (N-methyl/N-ethyl adjacent to an activating group) is 1. The Balaban J connectivity index is 1.91. The minimum Gasteiger partial charge on any atom is -0.362 e. The fraction of sp³-hybridized carbons (Fsp3) is 0.333. The second kappa shape index (κ2) is 4.85. The number of hydrogen-bond donors (Lipinski definition) is 0. The molecule has 2 aromatic carbocycles. The van der Waals surface area contributed by atoms with E-state index >= 15 is 0 Å². The molecule has 1 unspecified atom stereocenters. The van der Waals surface area contributed by atoms with E-state index in [-0.39, 0.29) is 5.82 Å². The van der Waals surface area contributed by atoms with Gasteiger partial charge in [0.1, 0.15) is 5.82 Å². The molecule has 1 fully saturated rings. The highest BCUT2D eigenvalue weighted by atomic mass is 19.1. The lowest BCUT2D eigenvalue weighted by molar-refractivity contribution is 0.269. The van der Waals surface area contributed by atoms with Crippen LogP contribution in [0.15, 0.2) is 42.5 Å². The zero-order chi connectivity index (χ0) is 14.4. The smallest absolute Gasteiger partial charge is 0.123 e. The normalized spacial score (nSPS) is 21.2. The number of halogens is 1. The molecule has 0 saturated carbocycles. The fourth-order valence-electron chi connectivity index (χ4n) is 3.67. The van der Waals surface area contributed by atoms with Gasteiger partial charge in [-0.2, -0.15) is 0 Å². The van der Waals surface area contributed by atoms with Crippen molar-refractivity contribution in [2.24, 2.45) is 0 Å². The maximum absolute atomic E-state index is 13.7. The Bertz CT molecular complexity index is 683. The van der Waals surface area contributed by atoms with Gasteiger partial charge in [-0.3, -0.25) is 0 Å². The van der Waals surface area contributed by atoms with E-state index in [1.165, 1.54) is 16.8 Å². The Morgan fingerprint density at radius 3 is 2.81 bits per heavy atom. The lowest BCUT2D eigenvalue weighted by Gasteiger charge is -2.41. The number of piperazine rings is 1. The topological polar surface area (TPSA) is 6.48 Å². The molecule has 0 bridgehead atoms. The molecular weight excluding hydrogens is 263 g/mol. The van der Waals surface area contributed by atoms with E-state index in [0.717, 1.165) is 31.6 Å². The van der Waals surface area contributed by atoms with E-state index in [2.05, 4.69) is 41.1 Å². The molecule has 2 aromatic rings. The number of rotatable bonds is 0. The summed E-state index contributed by atoms with van der Waals surface area (Å²) in [6, 6.07) is 14.2. The van der Waals surface area contributed by atoms with E-state index in [1.807, 2.05) is 6.07 Å². The van der Waals surface area contributed by atoms with E-state index < -0.39 is 0 Å². The van der Waals surface area contributed by atoms with E-state index in [4.69, 9.17) is 0 Å². The number of anilines is 1. The minimum absolute atomic E-state index is 0.135. The summed E-state index contributed by atoms with van der Waals surface area (Å²) in [5.41, 5.74) is 5.02. The Morgan fingerprint density at radius 1 is 1.05 bits per heavy atom. The van der Waals surface area contributed by atoms with Crippen molar-refractivity contribution in [1.82, 2.24) is 4.90 Å². The monoisotopic (exact) mass is 282 g/mol. The number of para-hydroxylation sites is 1. The molecule has 1 atom stereocenters. The average molecular weight is 282 g/mol. The van der Waals surface area contributed by atoms with Gasteiger partial charge in [-0.05, 0) is 48.4 Å². The van der Waals surface area contributed by atoms with Gasteiger partial charge in [0, 0.05) is 25.3 Å². The molecule has 0 spiro atoms. The number of nitrogens with zero attached hydrogens (tertiary/aromatic N) is 2. The van der Waals surface area contributed by atoms with Gasteiger partial charge in [0.05, 0.1) is 6.04 Å². The maximum Gasteiger partial charge on any atom is 0.123 e. The predicted octanol–water partition coefficient (Wildman–Crippen LogP) is 3.22. The van der Waals surface area contributed by atoms with Crippen LogP contribution in [0.3, 0.4) is 0 Å².